The van der Waals surface area contributed by atoms with Crippen LogP contribution in [0.5, 0.6) is 11.5 Å². The molecule has 1 aromatic carbocycles. The summed E-state index contributed by atoms with van der Waals surface area (Å²) in [5.41, 5.74) is 1.12. The normalized spacial score (nSPS) is 16.7. The predicted octanol–water partition coefficient (Wildman–Crippen LogP) is 3.96. The fourth-order valence-electron chi connectivity index (χ4n) is 3.48. The molecule has 1 aliphatic rings. The van der Waals surface area contributed by atoms with Gasteiger partial charge in [-0.3, -0.25) is 0 Å². The van der Waals surface area contributed by atoms with Crippen LogP contribution in [0, 0.1) is 0 Å². The molecule has 1 unspecified atom stereocenters. The van der Waals surface area contributed by atoms with Gasteiger partial charge in [0.25, 0.3) is 0 Å². The van der Waals surface area contributed by atoms with Gasteiger partial charge < -0.3 is 19.7 Å². The van der Waals surface area contributed by atoms with E-state index in [0.717, 1.165) is 59.2 Å². The Morgan fingerprint density at radius 3 is 2.63 bits per heavy atom. The summed E-state index contributed by atoms with van der Waals surface area (Å²) in [6, 6.07) is 8.56. The number of fused-ring (bicyclic) bond motifs is 1. The Labute approximate surface area is 163 Å². The van der Waals surface area contributed by atoms with Crippen LogP contribution in [0.1, 0.15) is 18.2 Å². The highest BCUT2D eigenvalue weighted by Crippen LogP contribution is 2.32. The molecule has 1 N–H and O–H groups in total. The van der Waals surface area contributed by atoms with Crippen molar-refractivity contribution in [1.29, 1.82) is 0 Å². The molecular formula is C20H24N4O2S. The quantitative estimate of drug-likeness (QED) is 0.694. The van der Waals surface area contributed by atoms with E-state index in [-0.39, 0.29) is 0 Å². The van der Waals surface area contributed by atoms with Gasteiger partial charge in [-0.2, -0.15) is 0 Å². The van der Waals surface area contributed by atoms with Crippen molar-refractivity contribution >= 4 is 33.1 Å². The lowest BCUT2D eigenvalue weighted by Crippen LogP contribution is -2.26. The minimum atomic E-state index is 0.338. The number of anilines is 2. The van der Waals surface area contributed by atoms with Gasteiger partial charge in [-0.15, -0.1) is 11.3 Å². The molecule has 1 saturated heterocycles. The number of nitrogens with zero attached hydrogens (tertiary/aromatic N) is 3. The Morgan fingerprint density at radius 1 is 1.15 bits per heavy atom. The van der Waals surface area contributed by atoms with Gasteiger partial charge in [-0.1, -0.05) is 6.92 Å². The summed E-state index contributed by atoms with van der Waals surface area (Å²) in [4.78, 5) is 13.7. The summed E-state index contributed by atoms with van der Waals surface area (Å²) in [7, 11) is 3.36. The minimum absolute atomic E-state index is 0.338. The molecule has 7 heteroatoms. The minimum Gasteiger partial charge on any atom is -0.497 e. The van der Waals surface area contributed by atoms with Crippen LogP contribution in [0.2, 0.25) is 0 Å². The van der Waals surface area contributed by atoms with Gasteiger partial charge in [-0.25, -0.2) is 9.97 Å². The number of hydrogen-bond donors (Lipinski definition) is 1. The molecule has 1 aliphatic heterocycles. The largest absolute Gasteiger partial charge is 0.497 e. The molecule has 4 rings (SSSR count). The second-order valence-corrected chi connectivity index (χ2v) is 7.77. The van der Waals surface area contributed by atoms with Gasteiger partial charge in [0.05, 0.1) is 19.6 Å². The van der Waals surface area contributed by atoms with Crippen molar-refractivity contribution in [3.8, 4) is 11.5 Å². The molecule has 142 valence electrons. The summed E-state index contributed by atoms with van der Waals surface area (Å²) in [5, 5.41) is 4.76. The van der Waals surface area contributed by atoms with Crippen molar-refractivity contribution in [2.75, 3.05) is 37.5 Å². The van der Waals surface area contributed by atoms with E-state index in [1.807, 2.05) is 6.07 Å². The van der Waals surface area contributed by atoms with E-state index in [1.54, 1.807) is 31.9 Å². The first-order valence-electron chi connectivity index (χ1n) is 9.18. The molecule has 0 radical (unpaired) electrons. The zero-order valence-corrected chi connectivity index (χ0v) is 16.7. The topological polar surface area (TPSA) is 59.5 Å². The van der Waals surface area contributed by atoms with Crippen LogP contribution >= 0.6 is 11.3 Å². The van der Waals surface area contributed by atoms with Crippen molar-refractivity contribution in [1.82, 2.24) is 9.97 Å². The highest BCUT2D eigenvalue weighted by molar-refractivity contribution is 7.18. The average molecular weight is 385 g/mol. The van der Waals surface area contributed by atoms with E-state index in [1.165, 1.54) is 4.88 Å². The summed E-state index contributed by atoms with van der Waals surface area (Å²) in [6.45, 7) is 4.06. The van der Waals surface area contributed by atoms with Crippen LogP contribution < -0.4 is 19.7 Å². The van der Waals surface area contributed by atoms with Gasteiger partial charge in [0, 0.05) is 47.9 Å². The molecule has 0 amide bonds. The van der Waals surface area contributed by atoms with Gasteiger partial charge in [-0.05, 0) is 18.9 Å². The fourth-order valence-corrected chi connectivity index (χ4v) is 4.41. The first kappa shape index (κ1) is 17.9. The first-order chi connectivity index (χ1) is 13.2. The first-order valence-corrected chi connectivity index (χ1v) is 9.99. The van der Waals surface area contributed by atoms with E-state index < -0.39 is 0 Å². The van der Waals surface area contributed by atoms with Crippen molar-refractivity contribution in [2.45, 2.75) is 25.8 Å². The Bertz CT molecular complexity index is 921. The summed E-state index contributed by atoms with van der Waals surface area (Å²) in [5.74, 6) is 2.55. The molecule has 27 heavy (non-hydrogen) atoms. The van der Waals surface area contributed by atoms with Gasteiger partial charge in [0.2, 0.25) is 0 Å². The third-order valence-electron chi connectivity index (χ3n) is 4.96. The maximum absolute atomic E-state index is 5.40. The maximum Gasteiger partial charge on any atom is 0.138 e. The Hall–Kier alpha value is -2.54. The number of aromatic nitrogens is 2. The Morgan fingerprint density at radius 2 is 1.93 bits per heavy atom. The summed E-state index contributed by atoms with van der Waals surface area (Å²) in [6.07, 6.45) is 3.73. The van der Waals surface area contributed by atoms with Gasteiger partial charge in [0.15, 0.2) is 0 Å². The number of methoxy groups -OCH3 is 2. The second-order valence-electron chi connectivity index (χ2n) is 6.65. The highest BCUT2D eigenvalue weighted by Gasteiger charge is 2.24. The third kappa shape index (κ3) is 3.64. The van der Waals surface area contributed by atoms with E-state index >= 15 is 0 Å². The molecule has 1 atom stereocenters. The van der Waals surface area contributed by atoms with Crippen molar-refractivity contribution in [3.63, 3.8) is 0 Å². The molecule has 2 aromatic heterocycles. The van der Waals surface area contributed by atoms with Crippen LogP contribution in [-0.4, -0.2) is 43.3 Å². The lowest BCUT2D eigenvalue weighted by atomic mass is 10.2. The number of nitrogens with one attached hydrogen (secondary N) is 1. The van der Waals surface area contributed by atoms with Crippen LogP contribution in [-0.2, 0) is 6.42 Å². The number of ether oxygens (including phenoxy) is 2. The molecule has 6 nitrogen and oxygen atoms in total. The summed E-state index contributed by atoms with van der Waals surface area (Å²) >= 11 is 1.75. The maximum atomic E-state index is 5.40. The van der Waals surface area contributed by atoms with Crippen LogP contribution in [0.3, 0.4) is 0 Å². The number of benzene rings is 1. The van der Waals surface area contributed by atoms with Crippen LogP contribution in [0.25, 0.3) is 10.2 Å². The smallest absolute Gasteiger partial charge is 0.138 e. The zero-order chi connectivity index (χ0) is 18.8. The molecule has 3 aromatic rings. The number of rotatable bonds is 6. The van der Waals surface area contributed by atoms with Crippen molar-refractivity contribution in [2.24, 2.45) is 0 Å². The van der Waals surface area contributed by atoms with E-state index in [4.69, 9.17) is 9.47 Å². The lowest BCUT2D eigenvalue weighted by molar-refractivity contribution is 0.394. The number of thiophene rings is 1. The van der Waals surface area contributed by atoms with Crippen molar-refractivity contribution in [3.05, 3.63) is 35.5 Å². The van der Waals surface area contributed by atoms with E-state index in [0.29, 0.717) is 6.04 Å². The zero-order valence-electron chi connectivity index (χ0n) is 15.9. The van der Waals surface area contributed by atoms with Crippen molar-refractivity contribution < 1.29 is 9.47 Å². The Balaban J connectivity index is 1.51. The van der Waals surface area contributed by atoms with E-state index in [2.05, 4.69) is 45.3 Å². The molecule has 0 aliphatic carbocycles. The SMILES string of the molecule is CCc1cc2c(NC3CCN(c4cc(OC)cc(OC)c4)C3)ncnc2s1. The fraction of sp³-hybridized carbons (Fsp3) is 0.400. The predicted molar refractivity (Wildman–Crippen MR) is 111 cm³/mol. The highest BCUT2D eigenvalue weighted by atomic mass is 32.1. The summed E-state index contributed by atoms with van der Waals surface area (Å²) < 4.78 is 10.8. The van der Waals surface area contributed by atoms with Crippen LogP contribution in [0.15, 0.2) is 30.6 Å². The number of hydrogen-bond acceptors (Lipinski definition) is 7. The second kappa shape index (κ2) is 7.60. The molecule has 0 saturated carbocycles. The van der Waals surface area contributed by atoms with E-state index in [9.17, 15) is 0 Å². The Kier molecular flexibility index (Phi) is 5.03. The monoisotopic (exact) mass is 384 g/mol. The molecule has 3 heterocycles. The lowest BCUT2D eigenvalue weighted by Gasteiger charge is -2.21. The van der Waals surface area contributed by atoms with Gasteiger partial charge >= 0.3 is 0 Å². The molecule has 1 fully saturated rings. The van der Waals surface area contributed by atoms with Gasteiger partial charge in [0.1, 0.15) is 28.5 Å². The molecular weight excluding hydrogens is 360 g/mol. The third-order valence-corrected chi connectivity index (χ3v) is 6.15. The molecule has 0 bridgehead atoms. The molecule has 0 spiro atoms. The standard InChI is InChI=1S/C20H24N4O2S/c1-4-17-10-18-19(21-12-22-20(18)27-17)23-13-5-6-24(11-13)14-7-15(25-2)9-16(8-14)26-3/h7-10,12-13H,4-6,11H2,1-3H3,(H,21,22,23). The number of aryl methyl sites for hydroxylation is 1. The van der Waals surface area contributed by atoms with Crippen LogP contribution in [0.4, 0.5) is 11.5 Å². The average Bonchev–Trinajstić information content (AvgIpc) is 3.34.